The van der Waals surface area contributed by atoms with Crippen LogP contribution in [0.2, 0.25) is 5.15 Å². The van der Waals surface area contributed by atoms with Crippen molar-refractivity contribution in [2.75, 3.05) is 6.54 Å². The Bertz CT molecular complexity index is 635. The lowest BCUT2D eigenvalue weighted by atomic mass is 10.1. The summed E-state index contributed by atoms with van der Waals surface area (Å²) < 4.78 is 1.68. The predicted molar refractivity (Wildman–Crippen MR) is 80.3 cm³/mol. The highest BCUT2D eigenvalue weighted by Gasteiger charge is 2.34. The molecule has 3 rings (SSSR count). The Kier molecular flexibility index (Phi) is 3.56. The van der Waals surface area contributed by atoms with Gasteiger partial charge in [0.15, 0.2) is 0 Å². The molecule has 0 bridgehead atoms. The molecule has 1 aliphatic heterocycles. The Morgan fingerprint density at radius 2 is 2.35 bits per heavy atom. The number of aromatic nitrogens is 2. The van der Waals surface area contributed by atoms with E-state index in [1.807, 2.05) is 35.7 Å². The molecule has 3 heterocycles. The van der Waals surface area contributed by atoms with Gasteiger partial charge < -0.3 is 4.90 Å². The number of amides is 1. The maximum atomic E-state index is 12.6. The van der Waals surface area contributed by atoms with Gasteiger partial charge in [-0.3, -0.25) is 9.48 Å². The first kappa shape index (κ1) is 13.6. The average Bonchev–Trinajstić information content (AvgIpc) is 3.12. The molecule has 0 radical (unpaired) electrons. The summed E-state index contributed by atoms with van der Waals surface area (Å²) in [4.78, 5) is 14.5. The highest BCUT2D eigenvalue weighted by molar-refractivity contribution is 7.08. The zero-order valence-corrected chi connectivity index (χ0v) is 13.0. The molecule has 106 valence electrons. The van der Waals surface area contributed by atoms with Crippen molar-refractivity contribution in [2.24, 2.45) is 7.05 Å². The maximum absolute atomic E-state index is 12.6. The Labute approximate surface area is 127 Å². The third kappa shape index (κ3) is 2.15. The van der Waals surface area contributed by atoms with Crippen molar-refractivity contribution >= 4 is 28.8 Å². The fourth-order valence-electron chi connectivity index (χ4n) is 2.89. The van der Waals surface area contributed by atoms with E-state index in [0.29, 0.717) is 5.15 Å². The van der Waals surface area contributed by atoms with E-state index >= 15 is 0 Å². The number of halogens is 1. The van der Waals surface area contributed by atoms with Crippen molar-refractivity contribution in [3.05, 3.63) is 38.8 Å². The van der Waals surface area contributed by atoms with Gasteiger partial charge in [-0.1, -0.05) is 11.6 Å². The number of hydrogen-bond acceptors (Lipinski definition) is 3. The fourth-order valence-corrected chi connectivity index (χ4v) is 3.82. The summed E-state index contributed by atoms with van der Waals surface area (Å²) >= 11 is 7.90. The van der Waals surface area contributed by atoms with E-state index in [0.717, 1.165) is 36.2 Å². The average molecular weight is 310 g/mol. The molecule has 0 N–H and O–H groups in total. The molecule has 2 aromatic rings. The van der Waals surface area contributed by atoms with E-state index in [4.69, 9.17) is 11.6 Å². The molecular formula is C14H16ClN3OS. The second-order valence-corrected chi connectivity index (χ2v) is 6.22. The van der Waals surface area contributed by atoms with Crippen molar-refractivity contribution in [1.82, 2.24) is 14.7 Å². The van der Waals surface area contributed by atoms with Gasteiger partial charge in [-0.15, -0.1) is 0 Å². The SMILES string of the molecule is Cc1nn(C)c(Cl)c1C1CCCN1C(=O)c1ccsc1. The topological polar surface area (TPSA) is 38.1 Å². The summed E-state index contributed by atoms with van der Waals surface area (Å²) in [5.74, 6) is 0.0908. The van der Waals surface area contributed by atoms with Crippen LogP contribution in [0.1, 0.15) is 40.5 Å². The number of aryl methyl sites for hydroxylation is 2. The molecule has 6 heteroatoms. The van der Waals surface area contributed by atoms with Crippen LogP contribution in [-0.2, 0) is 7.05 Å². The molecule has 1 unspecified atom stereocenters. The van der Waals surface area contributed by atoms with Crippen LogP contribution in [0, 0.1) is 6.92 Å². The van der Waals surface area contributed by atoms with Crippen LogP contribution >= 0.6 is 22.9 Å². The summed E-state index contributed by atoms with van der Waals surface area (Å²) in [6.45, 7) is 2.73. The number of likely N-dealkylation sites (tertiary alicyclic amines) is 1. The highest BCUT2D eigenvalue weighted by Crippen LogP contribution is 2.38. The van der Waals surface area contributed by atoms with Crippen LogP contribution in [0.15, 0.2) is 16.8 Å². The van der Waals surface area contributed by atoms with Gasteiger partial charge in [-0.2, -0.15) is 16.4 Å². The molecule has 0 aliphatic carbocycles. The normalized spacial score (nSPS) is 18.8. The molecule has 20 heavy (non-hydrogen) atoms. The molecule has 1 amide bonds. The highest BCUT2D eigenvalue weighted by atomic mass is 35.5. The van der Waals surface area contributed by atoms with Crippen LogP contribution in [0.25, 0.3) is 0 Å². The standard InChI is InChI=1S/C14H16ClN3OS/c1-9-12(13(15)17(2)16-9)11-4-3-6-18(11)14(19)10-5-7-20-8-10/h5,7-8,11H,3-4,6H2,1-2H3. The number of thiophene rings is 1. The van der Waals surface area contributed by atoms with Gasteiger partial charge >= 0.3 is 0 Å². The smallest absolute Gasteiger partial charge is 0.255 e. The third-order valence-electron chi connectivity index (χ3n) is 3.81. The van der Waals surface area contributed by atoms with Crippen LogP contribution in [0.4, 0.5) is 0 Å². The maximum Gasteiger partial charge on any atom is 0.255 e. The number of carbonyl (C=O) groups is 1. The van der Waals surface area contributed by atoms with Crippen molar-refractivity contribution in [3.8, 4) is 0 Å². The number of carbonyl (C=O) groups excluding carboxylic acids is 1. The third-order valence-corrected chi connectivity index (χ3v) is 4.94. The van der Waals surface area contributed by atoms with E-state index < -0.39 is 0 Å². The quantitative estimate of drug-likeness (QED) is 0.852. The minimum Gasteiger partial charge on any atom is -0.331 e. The largest absolute Gasteiger partial charge is 0.331 e. The Morgan fingerprint density at radius 3 is 2.95 bits per heavy atom. The summed E-state index contributed by atoms with van der Waals surface area (Å²) in [7, 11) is 1.83. The Hall–Kier alpha value is -1.33. The Balaban J connectivity index is 1.95. The summed E-state index contributed by atoms with van der Waals surface area (Å²) in [5.41, 5.74) is 2.67. The number of rotatable bonds is 2. The molecule has 2 aromatic heterocycles. The minimum absolute atomic E-state index is 0.0450. The zero-order valence-electron chi connectivity index (χ0n) is 11.5. The van der Waals surface area contributed by atoms with Gasteiger partial charge in [0.2, 0.25) is 0 Å². The van der Waals surface area contributed by atoms with E-state index in [1.165, 1.54) is 0 Å². The van der Waals surface area contributed by atoms with Crippen LogP contribution in [-0.4, -0.2) is 27.1 Å². The van der Waals surface area contributed by atoms with Gasteiger partial charge in [0.05, 0.1) is 17.3 Å². The predicted octanol–water partition coefficient (Wildman–Crippen LogP) is 3.42. The molecule has 0 spiro atoms. The lowest BCUT2D eigenvalue weighted by Gasteiger charge is -2.24. The van der Waals surface area contributed by atoms with Crippen molar-refractivity contribution in [1.29, 1.82) is 0 Å². The van der Waals surface area contributed by atoms with Crippen molar-refractivity contribution in [2.45, 2.75) is 25.8 Å². The molecule has 4 nitrogen and oxygen atoms in total. The van der Waals surface area contributed by atoms with Gasteiger partial charge in [0, 0.05) is 24.5 Å². The lowest BCUT2D eigenvalue weighted by molar-refractivity contribution is 0.0736. The van der Waals surface area contributed by atoms with Crippen molar-refractivity contribution in [3.63, 3.8) is 0 Å². The monoisotopic (exact) mass is 309 g/mol. The molecular weight excluding hydrogens is 294 g/mol. The van der Waals surface area contributed by atoms with E-state index in [2.05, 4.69) is 5.10 Å². The van der Waals surface area contributed by atoms with Gasteiger partial charge in [-0.25, -0.2) is 0 Å². The second kappa shape index (κ2) is 5.22. The fraction of sp³-hybridized carbons (Fsp3) is 0.429. The summed E-state index contributed by atoms with van der Waals surface area (Å²) in [6, 6.07) is 1.92. The first-order chi connectivity index (χ1) is 9.59. The summed E-state index contributed by atoms with van der Waals surface area (Å²) in [6.07, 6.45) is 1.95. The van der Waals surface area contributed by atoms with Gasteiger partial charge in [0.1, 0.15) is 5.15 Å². The molecule has 1 fully saturated rings. The molecule has 1 saturated heterocycles. The van der Waals surface area contributed by atoms with Crippen LogP contribution in [0.3, 0.4) is 0 Å². The first-order valence-electron chi connectivity index (χ1n) is 6.61. The van der Waals surface area contributed by atoms with E-state index in [-0.39, 0.29) is 11.9 Å². The Morgan fingerprint density at radius 1 is 1.55 bits per heavy atom. The molecule has 0 aromatic carbocycles. The lowest BCUT2D eigenvalue weighted by Crippen LogP contribution is -2.30. The molecule has 1 aliphatic rings. The summed E-state index contributed by atoms with van der Waals surface area (Å²) in [5, 5.41) is 8.83. The van der Waals surface area contributed by atoms with Crippen LogP contribution in [0.5, 0.6) is 0 Å². The number of nitrogens with zero attached hydrogens (tertiary/aromatic N) is 3. The second-order valence-electron chi connectivity index (χ2n) is 5.08. The first-order valence-corrected chi connectivity index (χ1v) is 7.94. The van der Waals surface area contributed by atoms with Crippen LogP contribution < -0.4 is 0 Å². The zero-order chi connectivity index (χ0) is 14.3. The number of hydrogen-bond donors (Lipinski definition) is 0. The minimum atomic E-state index is 0.0450. The van der Waals surface area contributed by atoms with Gasteiger partial charge in [-0.05, 0) is 31.2 Å². The molecule has 0 saturated carbocycles. The van der Waals surface area contributed by atoms with E-state index in [9.17, 15) is 4.79 Å². The van der Waals surface area contributed by atoms with Crippen molar-refractivity contribution < 1.29 is 4.79 Å². The molecule has 1 atom stereocenters. The van der Waals surface area contributed by atoms with Gasteiger partial charge in [0.25, 0.3) is 5.91 Å². The van der Waals surface area contributed by atoms with E-state index in [1.54, 1.807) is 16.0 Å².